The molecule has 0 aromatic carbocycles. The second-order valence-corrected chi connectivity index (χ2v) is 4.56. The molecule has 1 rings (SSSR count). The maximum Gasteiger partial charge on any atom is 0.165 e. The fourth-order valence-corrected chi connectivity index (χ4v) is 2.21. The summed E-state index contributed by atoms with van der Waals surface area (Å²) in [5.41, 5.74) is 0. The average Bonchev–Trinajstić information content (AvgIpc) is 2.04. The lowest BCUT2D eigenvalue weighted by atomic mass is 9.84. The number of rotatable bonds is 3. The molecular weight excluding hydrogens is 164 g/mol. The summed E-state index contributed by atoms with van der Waals surface area (Å²) in [4.78, 5) is 0. The van der Waals surface area contributed by atoms with Crippen molar-refractivity contribution in [1.29, 1.82) is 0 Å². The highest BCUT2D eigenvalue weighted by atomic mass is 16.6. The van der Waals surface area contributed by atoms with Gasteiger partial charge in [0.2, 0.25) is 0 Å². The molecule has 0 saturated heterocycles. The Balaban J connectivity index is 2.45. The van der Waals surface area contributed by atoms with Gasteiger partial charge in [-0.1, -0.05) is 19.3 Å². The Bertz CT molecular complexity index is 146. The van der Waals surface area contributed by atoms with Gasteiger partial charge in [-0.2, -0.15) is 0 Å². The highest BCUT2D eigenvalue weighted by Crippen LogP contribution is 2.33. The third-order valence-corrected chi connectivity index (χ3v) is 2.84. The first-order valence-corrected chi connectivity index (χ1v) is 5.42. The van der Waals surface area contributed by atoms with Gasteiger partial charge in [-0.25, -0.2) is 0 Å². The maximum absolute atomic E-state index is 10.1. The van der Waals surface area contributed by atoms with Gasteiger partial charge >= 0.3 is 0 Å². The molecule has 2 nitrogen and oxygen atoms in total. The van der Waals surface area contributed by atoms with Crippen LogP contribution in [0.4, 0.5) is 0 Å². The van der Waals surface area contributed by atoms with Gasteiger partial charge in [0.1, 0.15) is 0 Å². The average molecular weight is 186 g/mol. The van der Waals surface area contributed by atoms with Gasteiger partial charge in [-0.3, -0.25) is 0 Å². The number of hydrogen-bond acceptors (Lipinski definition) is 2. The summed E-state index contributed by atoms with van der Waals surface area (Å²) >= 11 is 0. The topological polar surface area (TPSA) is 29.5 Å². The number of ether oxygens (including phenoxy) is 1. The van der Waals surface area contributed by atoms with E-state index in [0.717, 1.165) is 12.8 Å². The van der Waals surface area contributed by atoms with Crippen LogP contribution >= 0.6 is 0 Å². The van der Waals surface area contributed by atoms with Crippen molar-refractivity contribution >= 4 is 0 Å². The molecule has 0 bridgehead atoms. The van der Waals surface area contributed by atoms with E-state index in [9.17, 15) is 5.11 Å². The van der Waals surface area contributed by atoms with E-state index in [1.165, 1.54) is 19.3 Å². The second kappa shape index (κ2) is 4.43. The van der Waals surface area contributed by atoms with Gasteiger partial charge in [0.15, 0.2) is 5.79 Å². The minimum absolute atomic E-state index is 0.108. The van der Waals surface area contributed by atoms with E-state index in [0.29, 0.717) is 5.92 Å². The first-order chi connectivity index (χ1) is 6.02. The third-order valence-electron chi connectivity index (χ3n) is 2.84. The monoisotopic (exact) mass is 186 g/mol. The van der Waals surface area contributed by atoms with E-state index >= 15 is 0 Å². The van der Waals surface area contributed by atoms with Crippen molar-refractivity contribution in [3.05, 3.63) is 0 Å². The molecule has 1 aliphatic carbocycles. The Morgan fingerprint density at radius 3 is 2.23 bits per heavy atom. The van der Waals surface area contributed by atoms with Crippen molar-refractivity contribution in [1.82, 2.24) is 0 Å². The van der Waals surface area contributed by atoms with E-state index in [1.807, 2.05) is 20.8 Å². The zero-order chi connectivity index (χ0) is 9.90. The lowest BCUT2D eigenvalue weighted by molar-refractivity contribution is -0.246. The van der Waals surface area contributed by atoms with Crippen molar-refractivity contribution in [2.75, 3.05) is 0 Å². The van der Waals surface area contributed by atoms with Gasteiger partial charge in [-0.15, -0.1) is 0 Å². The van der Waals surface area contributed by atoms with Crippen LogP contribution in [0, 0.1) is 5.92 Å². The van der Waals surface area contributed by atoms with Crippen LogP contribution in [0.3, 0.4) is 0 Å². The van der Waals surface area contributed by atoms with Crippen LogP contribution in [0.1, 0.15) is 52.9 Å². The minimum atomic E-state index is -0.908. The molecule has 2 heteroatoms. The van der Waals surface area contributed by atoms with E-state index in [4.69, 9.17) is 4.74 Å². The van der Waals surface area contributed by atoms with Gasteiger partial charge in [0.25, 0.3) is 0 Å². The highest BCUT2D eigenvalue weighted by molar-refractivity contribution is 4.77. The molecule has 0 radical (unpaired) electrons. The van der Waals surface area contributed by atoms with Crippen LogP contribution in [-0.2, 0) is 4.74 Å². The summed E-state index contributed by atoms with van der Waals surface area (Å²) in [5.74, 6) is -0.571. The molecule has 0 aliphatic heterocycles. The SMILES string of the molecule is CC(C)OC(C)(O)C1CCCCC1. The largest absolute Gasteiger partial charge is 0.365 e. The summed E-state index contributed by atoms with van der Waals surface area (Å²) in [6, 6.07) is 0. The van der Waals surface area contributed by atoms with Gasteiger partial charge in [-0.05, 0) is 33.6 Å². The fraction of sp³-hybridized carbons (Fsp3) is 1.00. The van der Waals surface area contributed by atoms with Crippen molar-refractivity contribution in [2.45, 2.75) is 64.8 Å². The number of aliphatic hydroxyl groups is 1. The first-order valence-electron chi connectivity index (χ1n) is 5.42. The predicted octanol–water partition coefficient (Wildman–Crippen LogP) is 2.70. The molecule has 1 N–H and O–H groups in total. The molecule has 1 fully saturated rings. The van der Waals surface area contributed by atoms with Crippen LogP contribution in [0.5, 0.6) is 0 Å². The van der Waals surface area contributed by atoms with Crippen molar-refractivity contribution < 1.29 is 9.84 Å². The quantitative estimate of drug-likeness (QED) is 0.687. The van der Waals surface area contributed by atoms with Gasteiger partial charge in [0.05, 0.1) is 6.10 Å². The lowest BCUT2D eigenvalue weighted by Crippen LogP contribution is -2.40. The van der Waals surface area contributed by atoms with E-state index in [1.54, 1.807) is 0 Å². The van der Waals surface area contributed by atoms with Crippen LogP contribution in [-0.4, -0.2) is 17.0 Å². The molecular formula is C11H22O2. The van der Waals surface area contributed by atoms with Crippen LogP contribution in [0.25, 0.3) is 0 Å². The van der Waals surface area contributed by atoms with Crippen molar-refractivity contribution in [2.24, 2.45) is 5.92 Å². The highest BCUT2D eigenvalue weighted by Gasteiger charge is 2.34. The predicted molar refractivity (Wildman–Crippen MR) is 53.4 cm³/mol. The molecule has 13 heavy (non-hydrogen) atoms. The molecule has 0 spiro atoms. The van der Waals surface area contributed by atoms with Gasteiger partial charge < -0.3 is 9.84 Å². The summed E-state index contributed by atoms with van der Waals surface area (Å²) in [7, 11) is 0. The standard InChI is InChI=1S/C11H22O2/c1-9(2)13-11(3,12)10-7-5-4-6-8-10/h9-10,12H,4-8H2,1-3H3. The second-order valence-electron chi connectivity index (χ2n) is 4.56. The van der Waals surface area contributed by atoms with Crippen LogP contribution in [0.2, 0.25) is 0 Å². The molecule has 0 heterocycles. The Morgan fingerprint density at radius 2 is 1.77 bits per heavy atom. The normalized spacial score (nSPS) is 24.7. The summed E-state index contributed by atoms with van der Waals surface area (Å²) in [6.07, 6.45) is 6.12. The summed E-state index contributed by atoms with van der Waals surface area (Å²) in [5, 5.41) is 10.1. The van der Waals surface area contributed by atoms with Crippen molar-refractivity contribution in [3.8, 4) is 0 Å². The zero-order valence-electron chi connectivity index (χ0n) is 9.05. The minimum Gasteiger partial charge on any atom is -0.365 e. The Morgan fingerprint density at radius 1 is 1.23 bits per heavy atom. The molecule has 1 saturated carbocycles. The van der Waals surface area contributed by atoms with Gasteiger partial charge in [0, 0.05) is 5.92 Å². The maximum atomic E-state index is 10.1. The molecule has 1 aliphatic rings. The summed E-state index contributed by atoms with van der Waals surface area (Å²) in [6.45, 7) is 5.75. The van der Waals surface area contributed by atoms with E-state index < -0.39 is 5.79 Å². The number of hydrogen-bond donors (Lipinski definition) is 1. The molecule has 1 unspecified atom stereocenters. The molecule has 1 atom stereocenters. The summed E-state index contributed by atoms with van der Waals surface area (Å²) < 4.78 is 5.53. The molecule has 0 amide bonds. The lowest BCUT2D eigenvalue weighted by Gasteiger charge is -2.36. The molecule has 0 aromatic heterocycles. The fourth-order valence-electron chi connectivity index (χ4n) is 2.21. The first kappa shape index (κ1) is 11.0. The molecule has 0 aromatic rings. The Hall–Kier alpha value is -0.0800. The van der Waals surface area contributed by atoms with Crippen molar-refractivity contribution in [3.63, 3.8) is 0 Å². The molecule has 78 valence electrons. The van der Waals surface area contributed by atoms with Crippen LogP contribution in [0.15, 0.2) is 0 Å². The van der Waals surface area contributed by atoms with Crippen LogP contribution < -0.4 is 0 Å². The third kappa shape index (κ3) is 3.28. The smallest absolute Gasteiger partial charge is 0.165 e. The Labute approximate surface area is 81.3 Å². The van der Waals surface area contributed by atoms with E-state index in [-0.39, 0.29) is 6.10 Å². The zero-order valence-corrected chi connectivity index (χ0v) is 9.05. The van der Waals surface area contributed by atoms with E-state index in [2.05, 4.69) is 0 Å². The Kier molecular flexibility index (Phi) is 3.74.